The first-order chi connectivity index (χ1) is 9.56. The van der Waals surface area contributed by atoms with Crippen LogP contribution in [0.25, 0.3) is 10.8 Å². The zero-order valence-electron chi connectivity index (χ0n) is 9.95. The van der Waals surface area contributed by atoms with Gasteiger partial charge in [0.15, 0.2) is 5.13 Å². The Balaban J connectivity index is 2.05. The fourth-order valence-corrected chi connectivity index (χ4v) is 3.79. The summed E-state index contributed by atoms with van der Waals surface area (Å²) in [4.78, 5) is 8.01. The summed E-state index contributed by atoms with van der Waals surface area (Å²) in [6.07, 6.45) is 3.07. The Labute approximate surface area is 124 Å². The molecule has 0 radical (unpaired) electrons. The normalized spacial score (nSPS) is 11.7. The van der Waals surface area contributed by atoms with Crippen LogP contribution in [-0.2, 0) is 10.0 Å². The van der Waals surface area contributed by atoms with Crippen molar-refractivity contribution in [2.24, 2.45) is 0 Å². The van der Waals surface area contributed by atoms with Crippen LogP contribution in [0.15, 0.2) is 46.9 Å². The van der Waals surface area contributed by atoms with Crippen molar-refractivity contribution < 1.29 is 8.42 Å². The second-order valence-corrected chi connectivity index (χ2v) is 6.86. The summed E-state index contributed by atoms with van der Waals surface area (Å²) >= 11 is 7.17. The molecule has 0 fully saturated rings. The third-order valence-electron chi connectivity index (χ3n) is 2.65. The average Bonchev–Trinajstić information content (AvgIpc) is 2.91. The van der Waals surface area contributed by atoms with Gasteiger partial charge in [0, 0.05) is 23.2 Å². The van der Waals surface area contributed by atoms with Crippen LogP contribution >= 0.6 is 22.9 Å². The van der Waals surface area contributed by atoms with Gasteiger partial charge in [0.1, 0.15) is 5.15 Å². The van der Waals surface area contributed by atoms with E-state index < -0.39 is 10.0 Å². The van der Waals surface area contributed by atoms with Gasteiger partial charge in [-0.2, -0.15) is 0 Å². The number of pyridine rings is 1. The van der Waals surface area contributed by atoms with Crippen LogP contribution in [0.1, 0.15) is 0 Å². The highest BCUT2D eigenvalue weighted by Crippen LogP contribution is 2.25. The van der Waals surface area contributed by atoms with Crippen LogP contribution in [-0.4, -0.2) is 18.4 Å². The molecule has 5 nitrogen and oxygen atoms in total. The zero-order valence-corrected chi connectivity index (χ0v) is 12.3. The Kier molecular flexibility index (Phi) is 3.33. The molecule has 1 N–H and O–H groups in total. The summed E-state index contributed by atoms with van der Waals surface area (Å²) in [6, 6.07) is 6.40. The van der Waals surface area contributed by atoms with E-state index in [0.29, 0.717) is 21.1 Å². The van der Waals surface area contributed by atoms with E-state index in [1.165, 1.54) is 29.8 Å². The number of aromatic nitrogens is 2. The molecule has 20 heavy (non-hydrogen) atoms. The molecule has 0 saturated carbocycles. The highest BCUT2D eigenvalue weighted by molar-refractivity contribution is 7.93. The lowest BCUT2D eigenvalue weighted by Crippen LogP contribution is -2.12. The predicted molar refractivity (Wildman–Crippen MR) is 79.7 cm³/mol. The van der Waals surface area contributed by atoms with Gasteiger partial charge in [-0.15, -0.1) is 11.3 Å². The second kappa shape index (κ2) is 5.01. The van der Waals surface area contributed by atoms with Crippen molar-refractivity contribution in [3.63, 3.8) is 0 Å². The summed E-state index contributed by atoms with van der Waals surface area (Å²) in [5.41, 5.74) is 0. The van der Waals surface area contributed by atoms with Crippen LogP contribution in [0, 0.1) is 0 Å². The second-order valence-electron chi connectivity index (χ2n) is 3.93. The maximum atomic E-state index is 12.2. The van der Waals surface area contributed by atoms with Crippen molar-refractivity contribution in [2.45, 2.75) is 4.90 Å². The molecule has 0 bridgehead atoms. The number of nitrogens with one attached hydrogen (secondary N) is 1. The maximum Gasteiger partial charge on any atom is 0.263 e. The van der Waals surface area contributed by atoms with Crippen LogP contribution in [0.3, 0.4) is 0 Å². The molecular formula is C12H8ClN3O2S2. The van der Waals surface area contributed by atoms with Gasteiger partial charge in [0.05, 0.1) is 4.90 Å². The quantitative estimate of drug-likeness (QED) is 0.751. The van der Waals surface area contributed by atoms with Gasteiger partial charge in [-0.25, -0.2) is 18.4 Å². The average molecular weight is 326 g/mol. The predicted octanol–water partition coefficient (Wildman–Crippen LogP) is 3.15. The summed E-state index contributed by atoms with van der Waals surface area (Å²) < 4.78 is 26.9. The van der Waals surface area contributed by atoms with Gasteiger partial charge in [-0.1, -0.05) is 11.6 Å². The Bertz CT molecular complexity index is 864. The highest BCUT2D eigenvalue weighted by Gasteiger charge is 2.16. The molecule has 0 unspecified atom stereocenters. The van der Waals surface area contributed by atoms with Gasteiger partial charge >= 0.3 is 0 Å². The van der Waals surface area contributed by atoms with Crippen LogP contribution in [0.4, 0.5) is 5.13 Å². The van der Waals surface area contributed by atoms with Crippen molar-refractivity contribution in [3.05, 3.63) is 47.2 Å². The van der Waals surface area contributed by atoms with E-state index in [2.05, 4.69) is 14.7 Å². The van der Waals surface area contributed by atoms with E-state index >= 15 is 0 Å². The molecule has 0 aliphatic carbocycles. The number of sulfonamides is 1. The smallest absolute Gasteiger partial charge is 0.255 e. The first-order valence-corrected chi connectivity index (χ1v) is 8.27. The van der Waals surface area contributed by atoms with E-state index in [0.717, 1.165) is 0 Å². The van der Waals surface area contributed by atoms with Gasteiger partial charge in [0.2, 0.25) is 0 Å². The number of hydrogen-bond donors (Lipinski definition) is 1. The summed E-state index contributed by atoms with van der Waals surface area (Å²) in [5, 5.41) is 3.80. The fraction of sp³-hybridized carbons (Fsp3) is 0. The van der Waals surface area contributed by atoms with Crippen LogP contribution < -0.4 is 4.72 Å². The Morgan fingerprint density at radius 2 is 2.00 bits per heavy atom. The highest BCUT2D eigenvalue weighted by atomic mass is 35.5. The molecule has 0 aliphatic heterocycles. The zero-order chi connectivity index (χ0) is 14.2. The minimum atomic E-state index is -3.65. The topological polar surface area (TPSA) is 72.0 Å². The number of fused-ring (bicyclic) bond motifs is 1. The largest absolute Gasteiger partial charge is 0.263 e. The van der Waals surface area contributed by atoms with Crippen molar-refractivity contribution >= 4 is 48.9 Å². The Morgan fingerprint density at radius 1 is 1.15 bits per heavy atom. The molecule has 3 rings (SSSR count). The minimum absolute atomic E-state index is 0.155. The van der Waals surface area contributed by atoms with Gasteiger partial charge in [-0.05, 0) is 29.7 Å². The number of rotatable bonds is 3. The minimum Gasteiger partial charge on any atom is -0.255 e. The lowest BCUT2D eigenvalue weighted by atomic mass is 10.2. The van der Waals surface area contributed by atoms with Crippen molar-refractivity contribution in [1.29, 1.82) is 0 Å². The molecular weight excluding hydrogens is 318 g/mol. The maximum absolute atomic E-state index is 12.2. The van der Waals surface area contributed by atoms with E-state index in [-0.39, 0.29) is 4.90 Å². The molecule has 3 aromatic rings. The van der Waals surface area contributed by atoms with Crippen LogP contribution in [0.2, 0.25) is 5.15 Å². The molecule has 102 valence electrons. The number of hydrogen-bond acceptors (Lipinski definition) is 5. The van der Waals surface area contributed by atoms with Crippen molar-refractivity contribution in [2.75, 3.05) is 4.72 Å². The van der Waals surface area contributed by atoms with Gasteiger partial charge in [-0.3, -0.25) is 4.72 Å². The standard InChI is InChI=1S/C12H8ClN3O2S2/c13-11-10-2-1-9(7-8(10)3-4-14-11)20(17,18)16-12-15-5-6-19-12/h1-7H,(H,15,16). The number of halogens is 1. The summed E-state index contributed by atoms with van der Waals surface area (Å²) in [7, 11) is -3.65. The number of thiazole rings is 1. The molecule has 0 amide bonds. The fourth-order valence-electron chi connectivity index (χ4n) is 1.73. The molecule has 0 saturated heterocycles. The number of anilines is 1. The first-order valence-electron chi connectivity index (χ1n) is 5.53. The van der Waals surface area contributed by atoms with Crippen molar-refractivity contribution in [1.82, 2.24) is 9.97 Å². The van der Waals surface area contributed by atoms with Crippen molar-refractivity contribution in [3.8, 4) is 0 Å². The van der Waals surface area contributed by atoms with Gasteiger partial charge < -0.3 is 0 Å². The summed E-state index contributed by atoms with van der Waals surface area (Å²) in [6.45, 7) is 0. The molecule has 0 spiro atoms. The Morgan fingerprint density at radius 3 is 2.75 bits per heavy atom. The SMILES string of the molecule is O=S(=O)(Nc1nccs1)c1ccc2c(Cl)nccc2c1. The van der Waals surface area contributed by atoms with E-state index in [1.807, 2.05) is 0 Å². The first kappa shape index (κ1) is 13.3. The lowest BCUT2D eigenvalue weighted by molar-refractivity contribution is 0.601. The summed E-state index contributed by atoms with van der Waals surface area (Å²) in [5.74, 6) is 0. The molecule has 1 aromatic carbocycles. The monoisotopic (exact) mass is 325 g/mol. The molecule has 2 aromatic heterocycles. The van der Waals surface area contributed by atoms with E-state index in [1.54, 1.807) is 23.6 Å². The lowest BCUT2D eigenvalue weighted by Gasteiger charge is -2.06. The van der Waals surface area contributed by atoms with Gasteiger partial charge in [0.25, 0.3) is 10.0 Å². The molecule has 0 aliphatic rings. The molecule has 2 heterocycles. The third kappa shape index (κ3) is 2.47. The number of benzene rings is 1. The number of nitrogens with zero attached hydrogens (tertiary/aromatic N) is 2. The molecule has 0 atom stereocenters. The Hall–Kier alpha value is -1.70. The van der Waals surface area contributed by atoms with E-state index in [4.69, 9.17) is 11.6 Å². The third-order valence-corrected chi connectivity index (χ3v) is 5.11. The molecule has 8 heteroatoms. The van der Waals surface area contributed by atoms with Crippen LogP contribution in [0.5, 0.6) is 0 Å². The van der Waals surface area contributed by atoms with E-state index in [9.17, 15) is 8.42 Å².